The molecule has 1 aromatic carbocycles. The number of hydrogen-bond acceptors (Lipinski definition) is 2. The average Bonchev–Trinajstić information content (AvgIpc) is 2.43. The van der Waals surface area contributed by atoms with Gasteiger partial charge in [0.15, 0.2) is 0 Å². The molecule has 1 aliphatic heterocycles. The minimum Gasteiger partial charge on any atom is -0.334 e. The highest BCUT2D eigenvalue weighted by Gasteiger charge is 2.26. The van der Waals surface area contributed by atoms with Crippen LogP contribution in [-0.2, 0) is 9.59 Å². The van der Waals surface area contributed by atoms with Gasteiger partial charge in [0.05, 0.1) is 15.7 Å². The maximum Gasteiger partial charge on any atom is 0.313 e. The first kappa shape index (κ1) is 15.1. The molecule has 2 amide bonds. The summed E-state index contributed by atoms with van der Waals surface area (Å²) in [5, 5.41) is 3.09. The van der Waals surface area contributed by atoms with Gasteiger partial charge in [0.2, 0.25) is 0 Å². The molecule has 6 heteroatoms. The highest BCUT2D eigenvalue weighted by molar-refractivity contribution is 6.45. The normalized spacial score (nSPS) is 18.8. The fraction of sp³-hybridized carbons (Fsp3) is 0.429. The molecule has 108 valence electrons. The van der Waals surface area contributed by atoms with E-state index in [9.17, 15) is 9.59 Å². The monoisotopic (exact) mass is 314 g/mol. The number of rotatable bonds is 1. The van der Waals surface area contributed by atoms with Crippen LogP contribution in [0.3, 0.4) is 0 Å². The van der Waals surface area contributed by atoms with Crippen molar-refractivity contribution in [3.8, 4) is 0 Å². The largest absolute Gasteiger partial charge is 0.334 e. The topological polar surface area (TPSA) is 49.4 Å². The molecular formula is C14H16Cl2N2O2. The number of benzene rings is 1. The molecule has 0 radical (unpaired) electrons. The lowest BCUT2D eigenvalue weighted by Gasteiger charge is -2.30. The van der Waals surface area contributed by atoms with Crippen LogP contribution in [0.1, 0.15) is 19.8 Å². The van der Waals surface area contributed by atoms with Gasteiger partial charge in [-0.05, 0) is 30.9 Å². The molecule has 1 saturated heterocycles. The van der Waals surface area contributed by atoms with E-state index in [1.54, 1.807) is 23.1 Å². The van der Waals surface area contributed by atoms with Crippen molar-refractivity contribution in [2.24, 2.45) is 5.92 Å². The van der Waals surface area contributed by atoms with Gasteiger partial charge in [-0.25, -0.2) is 0 Å². The summed E-state index contributed by atoms with van der Waals surface area (Å²) in [7, 11) is 0. The fourth-order valence-corrected chi connectivity index (χ4v) is 2.64. The fourth-order valence-electron chi connectivity index (χ4n) is 2.29. The number of piperidine rings is 1. The van der Waals surface area contributed by atoms with E-state index in [4.69, 9.17) is 23.2 Å². The predicted molar refractivity (Wildman–Crippen MR) is 80.1 cm³/mol. The van der Waals surface area contributed by atoms with Crippen molar-refractivity contribution in [2.45, 2.75) is 19.8 Å². The molecule has 0 bridgehead atoms. The number of likely N-dealkylation sites (tertiary alicyclic amines) is 1. The minimum atomic E-state index is -0.678. The lowest BCUT2D eigenvalue weighted by atomic mass is 10.0. The van der Waals surface area contributed by atoms with E-state index in [-0.39, 0.29) is 5.02 Å². The van der Waals surface area contributed by atoms with E-state index in [0.717, 1.165) is 12.8 Å². The molecule has 0 saturated carbocycles. The van der Waals surface area contributed by atoms with Crippen molar-refractivity contribution < 1.29 is 9.59 Å². The Hall–Kier alpha value is -1.26. The van der Waals surface area contributed by atoms with Crippen LogP contribution in [-0.4, -0.2) is 29.8 Å². The highest BCUT2D eigenvalue weighted by atomic mass is 35.5. The second-order valence-corrected chi connectivity index (χ2v) is 5.84. The van der Waals surface area contributed by atoms with Crippen molar-refractivity contribution >= 4 is 40.7 Å². The zero-order valence-electron chi connectivity index (χ0n) is 11.2. The quantitative estimate of drug-likeness (QED) is 0.809. The van der Waals surface area contributed by atoms with Gasteiger partial charge in [-0.3, -0.25) is 9.59 Å². The zero-order valence-corrected chi connectivity index (χ0v) is 12.7. The molecule has 4 nitrogen and oxygen atoms in total. The maximum absolute atomic E-state index is 12.1. The van der Waals surface area contributed by atoms with E-state index in [1.165, 1.54) is 0 Å². The molecule has 1 aliphatic rings. The summed E-state index contributed by atoms with van der Waals surface area (Å²) in [5.41, 5.74) is 0.350. The Morgan fingerprint density at radius 2 is 2.10 bits per heavy atom. The molecule has 1 heterocycles. The molecule has 2 rings (SSSR count). The molecule has 1 N–H and O–H groups in total. The number of halogens is 2. The van der Waals surface area contributed by atoms with Crippen molar-refractivity contribution in [3.63, 3.8) is 0 Å². The van der Waals surface area contributed by atoms with Crippen molar-refractivity contribution in [1.82, 2.24) is 4.90 Å². The number of nitrogens with one attached hydrogen (secondary N) is 1. The molecule has 20 heavy (non-hydrogen) atoms. The van der Waals surface area contributed by atoms with Crippen LogP contribution in [0.4, 0.5) is 5.69 Å². The Bertz CT molecular complexity index is 534. The predicted octanol–water partition coefficient (Wildman–Crippen LogP) is 3.19. The van der Waals surface area contributed by atoms with E-state index >= 15 is 0 Å². The van der Waals surface area contributed by atoms with Crippen molar-refractivity contribution in [3.05, 3.63) is 28.2 Å². The van der Waals surface area contributed by atoms with Gasteiger partial charge in [0.25, 0.3) is 0 Å². The Morgan fingerprint density at radius 1 is 1.35 bits per heavy atom. The number of carbonyl (C=O) groups is 2. The maximum atomic E-state index is 12.1. The van der Waals surface area contributed by atoms with Crippen LogP contribution in [0.25, 0.3) is 0 Å². The van der Waals surface area contributed by atoms with Crippen LogP contribution in [0.2, 0.25) is 10.0 Å². The van der Waals surface area contributed by atoms with Crippen molar-refractivity contribution in [1.29, 1.82) is 0 Å². The minimum absolute atomic E-state index is 0.238. The summed E-state index contributed by atoms with van der Waals surface area (Å²) in [6, 6.07) is 4.89. The molecule has 1 aromatic rings. The smallest absolute Gasteiger partial charge is 0.313 e. The van der Waals surface area contributed by atoms with E-state index in [0.29, 0.717) is 29.7 Å². The second-order valence-electron chi connectivity index (χ2n) is 5.05. The lowest BCUT2D eigenvalue weighted by molar-refractivity contribution is -0.144. The first-order valence-corrected chi connectivity index (χ1v) is 7.29. The standard InChI is InChI=1S/C14H16Cl2N2O2/c1-9-4-3-7-18(8-9)14(20)13(19)17-11-6-2-5-10(15)12(11)16/h2,5-6,9H,3-4,7-8H2,1H3,(H,17,19). The van der Waals surface area contributed by atoms with Gasteiger partial charge < -0.3 is 10.2 Å². The van der Waals surface area contributed by atoms with Gasteiger partial charge in [-0.1, -0.05) is 36.2 Å². The Labute approximate surface area is 128 Å². The number of hydrogen-bond donors (Lipinski definition) is 1. The van der Waals surface area contributed by atoms with Crippen LogP contribution in [0.5, 0.6) is 0 Å². The molecular weight excluding hydrogens is 299 g/mol. The molecule has 1 fully saturated rings. The molecule has 0 spiro atoms. The lowest BCUT2D eigenvalue weighted by Crippen LogP contribution is -2.44. The first-order chi connectivity index (χ1) is 9.49. The number of carbonyl (C=O) groups excluding carboxylic acids is 2. The Morgan fingerprint density at radius 3 is 2.80 bits per heavy atom. The summed E-state index contributed by atoms with van der Waals surface area (Å²) in [6.45, 7) is 3.32. The zero-order chi connectivity index (χ0) is 14.7. The van der Waals surface area contributed by atoms with Gasteiger partial charge >= 0.3 is 11.8 Å². The molecule has 1 atom stereocenters. The number of anilines is 1. The highest BCUT2D eigenvalue weighted by Crippen LogP contribution is 2.29. The van der Waals surface area contributed by atoms with Crippen LogP contribution < -0.4 is 5.32 Å². The SMILES string of the molecule is CC1CCCN(C(=O)C(=O)Nc2cccc(Cl)c2Cl)C1. The van der Waals surface area contributed by atoms with Gasteiger partial charge in [-0.2, -0.15) is 0 Å². The Kier molecular flexibility index (Phi) is 4.89. The van der Waals surface area contributed by atoms with Crippen LogP contribution >= 0.6 is 23.2 Å². The first-order valence-electron chi connectivity index (χ1n) is 6.53. The van der Waals surface area contributed by atoms with E-state index in [1.807, 2.05) is 0 Å². The Balaban J connectivity index is 2.04. The molecule has 0 aliphatic carbocycles. The van der Waals surface area contributed by atoms with E-state index in [2.05, 4.69) is 12.2 Å². The van der Waals surface area contributed by atoms with Gasteiger partial charge in [0.1, 0.15) is 0 Å². The third-order valence-electron chi connectivity index (χ3n) is 3.34. The molecule has 1 unspecified atom stereocenters. The molecule has 0 aromatic heterocycles. The summed E-state index contributed by atoms with van der Waals surface area (Å²) in [5.74, 6) is -0.772. The van der Waals surface area contributed by atoms with E-state index < -0.39 is 11.8 Å². The average molecular weight is 315 g/mol. The third kappa shape index (κ3) is 3.44. The summed E-state index contributed by atoms with van der Waals surface area (Å²) in [6.07, 6.45) is 2.02. The van der Waals surface area contributed by atoms with Gasteiger partial charge in [0, 0.05) is 13.1 Å². The van der Waals surface area contributed by atoms with Crippen LogP contribution in [0, 0.1) is 5.92 Å². The summed E-state index contributed by atoms with van der Waals surface area (Å²) < 4.78 is 0. The van der Waals surface area contributed by atoms with Crippen molar-refractivity contribution in [2.75, 3.05) is 18.4 Å². The number of nitrogens with zero attached hydrogens (tertiary/aromatic N) is 1. The van der Waals surface area contributed by atoms with Gasteiger partial charge in [-0.15, -0.1) is 0 Å². The number of amides is 2. The second kappa shape index (κ2) is 6.46. The third-order valence-corrected chi connectivity index (χ3v) is 4.16. The summed E-state index contributed by atoms with van der Waals surface area (Å²) >= 11 is 11.8. The van der Waals surface area contributed by atoms with Crippen LogP contribution in [0.15, 0.2) is 18.2 Å². The summed E-state index contributed by atoms with van der Waals surface area (Å²) in [4.78, 5) is 25.6.